The maximum absolute atomic E-state index is 10.2. The van der Waals surface area contributed by atoms with E-state index < -0.39 is 12.0 Å². The van der Waals surface area contributed by atoms with Gasteiger partial charge in [0, 0.05) is 6.92 Å². The van der Waals surface area contributed by atoms with E-state index in [-0.39, 0.29) is 36.9 Å². The third kappa shape index (κ3) is 6.07. The van der Waals surface area contributed by atoms with E-state index in [0.29, 0.717) is 0 Å². The zero-order chi connectivity index (χ0) is 7.44. The summed E-state index contributed by atoms with van der Waals surface area (Å²) in [5.41, 5.74) is 0. The van der Waals surface area contributed by atoms with Crippen LogP contribution in [0.3, 0.4) is 0 Å². The van der Waals surface area contributed by atoms with Gasteiger partial charge in [-0.3, -0.25) is 9.59 Å². The van der Waals surface area contributed by atoms with E-state index in [0.717, 1.165) is 0 Å². The number of carboxylic acid groups (broad SMARTS) is 1. The molecule has 0 aromatic rings. The van der Waals surface area contributed by atoms with E-state index in [1.807, 2.05) is 0 Å². The van der Waals surface area contributed by atoms with Crippen molar-refractivity contribution in [3.63, 3.8) is 0 Å². The smallest absolute Gasteiger partial charge is 1.00 e. The Morgan fingerprint density at radius 3 is 2.10 bits per heavy atom. The summed E-state index contributed by atoms with van der Waals surface area (Å²) in [5.74, 6) is -1.35. The van der Waals surface area contributed by atoms with Gasteiger partial charge in [0.15, 0.2) is 0 Å². The molecule has 0 aromatic heterocycles. The van der Waals surface area contributed by atoms with E-state index in [4.69, 9.17) is 5.11 Å². The van der Waals surface area contributed by atoms with Gasteiger partial charge in [0.1, 0.15) is 6.04 Å². The number of aliphatic carboxylic acids is 1. The molecule has 1 atom stereocenters. The number of carbonyl (C=O) groups excluding carboxylic acids is 1. The summed E-state index contributed by atoms with van der Waals surface area (Å²) in [6.07, 6.45) is 0. The quantitative estimate of drug-likeness (QED) is 0.411. The van der Waals surface area contributed by atoms with E-state index in [2.05, 4.69) is 5.32 Å². The minimum Gasteiger partial charge on any atom is -1.00 e. The van der Waals surface area contributed by atoms with Gasteiger partial charge < -0.3 is 11.8 Å². The van der Waals surface area contributed by atoms with Crippen LogP contribution in [0.4, 0.5) is 0 Å². The first kappa shape index (κ1) is 12.6. The Balaban J connectivity index is -0.000000320. The van der Waals surface area contributed by atoms with Crippen molar-refractivity contribution in [2.45, 2.75) is 19.9 Å². The van der Waals surface area contributed by atoms with Gasteiger partial charge in [-0.25, -0.2) is 0 Å². The Hall–Kier alpha value is -0.0600. The molecule has 0 aliphatic carbocycles. The number of hydrogen-bond donors (Lipinski definition) is 2. The topological polar surface area (TPSA) is 66.4 Å². The average Bonchev–Trinajstić information content (AvgIpc) is 1.63. The molecule has 0 bridgehead atoms. The molecule has 0 spiro atoms. The van der Waals surface area contributed by atoms with Crippen molar-refractivity contribution < 1.29 is 45.7 Å². The van der Waals surface area contributed by atoms with Crippen LogP contribution in [-0.2, 0) is 9.59 Å². The molecule has 0 radical (unpaired) electrons. The first-order chi connectivity index (χ1) is 4.04. The Kier molecular flexibility index (Phi) is 7.19. The van der Waals surface area contributed by atoms with Crippen LogP contribution in [0, 0.1) is 0 Å². The van der Waals surface area contributed by atoms with Crippen LogP contribution in [0.5, 0.6) is 0 Å². The fourth-order valence-electron chi connectivity index (χ4n) is 0.367. The van der Waals surface area contributed by atoms with Crippen LogP contribution < -0.4 is 34.9 Å². The molecule has 10 heavy (non-hydrogen) atoms. The summed E-state index contributed by atoms with van der Waals surface area (Å²) in [6.45, 7) is 2.68. The van der Waals surface area contributed by atoms with Crippen LogP contribution in [0.15, 0.2) is 0 Å². The fraction of sp³-hybridized carbons (Fsp3) is 0.600. The first-order valence-electron chi connectivity index (χ1n) is 2.54. The summed E-state index contributed by atoms with van der Waals surface area (Å²) in [7, 11) is 0. The van der Waals surface area contributed by atoms with Crippen LogP contribution in [0.25, 0.3) is 0 Å². The molecule has 0 aliphatic rings. The molecule has 0 fully saturated rings. The monoisotopic (exact) mass is 155 g/mol. The number of amides is 1. The van der Waals surface area contributed by atoms with Crippen molar-refractivity contribution in [3.8, 4) is 0 Å². The SMILES string of the molecule is CC(=O)N[C@@H](C)C(=O)O.[H-].[Na+]. The van der Waals surface area contributed by atoms with Crippen molar-refractivity contribution >= 4 is 11.9 Å². The van der Waals surface area contributed by atoms with Crippen molar-refractivity contribution in [1.29, 1.82) is 0 Å². The van der Waals surface area contributed by atoms with Gasteiger partial charge in [-0.1, -0.05) is 0 Å². The molecule has 0 rings (SSSR count). The molecule has 5 heteroatoms. The normalized spacial score (nSPS) is 11.0. The molecule has 0 unspecified atom stereocenters. The van der Waals surface area contributed by atoms with E-state index in [1.165, 1.54) is 13.8 Å². The van der Waals surface area contributed by atoms with Crippen molar-refractivity contribution in [3.05, 3.63) is 0 Å². The van der Waals surface area contributed by atoms with Crippen LogP contribution in [-0.4, -0.2) is 23.0 Å². The molecule has 2 N–H and O–H groups in total. The maximum Gasteiger partial charge on any atom is 1.00 e. The summed E-state index contributed by atoms with van der Waals surface area (Å²) in [5, 5.41) is 10.4. The number of rotatable bonds is 2. The maximum atomic E-state index is 10.2. The van der Waals surface area contributed by atoms with Crippen molar-refractivity contribution in [2.24, 2.45) is 0 Å². The summed E-state index contributed by atoms with van der Waals surface area (Å²) < 4.78 is 0. The molecule has 0 saturated carbocycles. The molecule has 1 amide bonds. The van der Waals surface area contributed by atoms with Gasteiger partial charge >= 0.3 is 35.5 Å². The zero-order valence-corrected chi connectivity index (χ0v) is 8.34. The van der Waals surface area contributed by atoms with Crippen LogP contribution in [0.1, 0.15) is 15.3 Å². The molecular formula is C5H10NNaO3. The Morgan fingerprint density at radius 2 is 2.00 bits per heavy atom. The minimum atomic E-state index is -1.02. The minimum absolute atomic E-state index is 0. The largest absolute Gasteiger partial charge is 1.00 e. The molecule has 0 heterocycles. The third-order valence-corrected chi connectivity index (χ3v) is 0.790. The molecule has 54 valence electrons. The second-order valence-electron chi connectivity index (χ2n) is 1.76. The van der Waals surface area contributed by atoms with Gasteiger partial charge in [0.2, 0.25) is 5.91 Å². The second kappa shape index (κ2) is 5.70. The zero-order valence-electron chi connectivity index (χ0n) is 7.34. The summed E-state index contributed by atoms with van der Waals surface area (Å²) in [6, 6.07) is -0.789. The summed E-state index contributed by atoms with van der Waals surface area (Å²) >= 11 is 0. The predicted molar refractivity (Wildman–Crippen MR) is 32.0 cm³/mol. The van der Waals surface area contributed by atoms with Gasteiger partial charge in [-0.05, 0) is 6.92 Å². The second-order valence-corrected chi connectivity index (χ2v) is 1.76. The Morgan fingerprint density at radius 1 is 1.60 bits per heavy atom. The number of carbonyl (C=O) groups is 2. The van der Waals surface area contributed by atoms with Gasteiger partial charge in [0.25, 0.3) is 0 Å². The van der Waals surface area contributed by atoms with Crippen molar-refractivity contribution in [2.75, 3.05) is 0 Å². The van der Waals surface area contributed by atoms with Crippen molar-refractivity contribution in [1.82, 2.24) is 5.32 Å². The van der Waals surface area contributed by atoms with E-state index >= 15 is 0 Å². The molecule has 4 nitrogen and oxygen atoms in total. The molecule has 0 aliphatic heterocycles. The van der Waals surface area contributed by atoms with Gasteiger partial charge in [-0.2, -0.15) is 0 Å². The number of nitrogens with one attached hydrogen (secondary N) is 1. The van der Waals surface area contributed by atoms with E-state index in [9.17, 15) is 9.59 Å². The fourth-order valence-corrected chi connectivity index (χ4v) is 0.367. The van der Waals surface area contributed by atoms with Crippen LogP contribution >= 0.6 is 0 Å². The average molecular weight is 155 g/mol. The van der Waals surface area contributed by atoms with Gasteiger partial charge in [-0.15, -0.1) is 0 Å². The van der Waals surface area contributed by atoms with Gasteiger partial charge in [0.05, 0.1) is 0 Å². The standard InChI is InChI=1S/C5H9NO3.Na.H/c1-3(5(8)9)6-4(2)7;;/h3H,1-2H3,(H,6,7)(H,8,9);;/q;+1;-1/t3-;;/m0../s1. The molecule has 0 aromatic carbocycles. The van der Waals surface area contributed by atoms with Crippen LogP contribution in [0.2, 0.25) is 0 Å². The Bertz CT molecular complexity index is 142. The third-order valence-electron chi connectivity index (χ3n) is 0.790. The Labute approximate surface area is 82.8 Å². The molecular weight excluding hydrogens is 145 g/mol. The molecule has 0 saturated heterocycles. The first-order valence-corrected chi connectivity index (χ1v) is 2.54. The van der Waals surface area contributed by atoms with E-state index in [1.54, 1.807) is 0 Å². The summed E-state index contributed by atoms with van der Waals surface area (Å²) in [4.78, 5) is 20.2. The predicted octanol–water partition coefficient (Wildman–Crippen LogP) is -3.29. The number of carboxylic acids is 1. The number of hydrogen-bond acceptors (Lipinski definition) is 2.